The lowest BCUT2D eigenvalue weighted by molar-refractivity contribution is 0.142. The van der Waals surface area contributed by atoms with Crippen molar-refractivity contribution in [2.24, 2.45) is 11.8 Å². The molecule has 4 rings (SSSR count). The Morgan fingerprint density at radius 3 is 1.95 bits per heavy atom. The van der Waals surface area contributed by atoms with Crippen molar-refractivity contribution in [3.8, 4) is 5.75 Å². The number of methoxy groups -OCH3 is 1. The van der Waals surface area contributed by atoms with Gasteiger partial charge in [-0.1, -0.05) is 42.5 Å². The van der Waals surface area contributed by atoms with E-state index in [1.807, 2.05) is 0 Å². The summed E-state index contributed by atoms with van der Waals surface area (Å²) >= 11 is 0. The highest BCUT2D eigenvalue weighted by Crippen LogP contribution is 2.60. The van der Waals surface area contributed by atoms with Gasteiger partial charge in [-0.3, -0.25) is 0 Å². The molecule has 21 heavy (non-hydrogen) atoms. The van der Waals surface area contributed by atoms with Gasteiger partial charge in [0.05, 0.1) is 20.3 Å². The topological polar surface area (TPSA) is 18.5 Å². The first-order valence-electron chi connectivity index (χ1n) is 7.65. The number of benzene rings is 2. The van der Waals surface area contributed by atoms with Crippen LogP contribution in [-0.2, 0) is 4.74 Å². The Morgan fingerprint density at radius 2 is 1.38 bits per heavy atom. The largest absolute Gasteiger partial charge is 0.497 e. The van der Waals surface area contributed by atoms with Gasteiger partial charge in [-0.2, -0.15) is 0 Å². The average molecular weight is 280 g/mol. The first-order chi connectivity index (χ1) is 10.4. The van der Waals surface area contributed by atoms with Gasteiger partial charge >= 0.3 is 0 Å². The van der Waals surface area contributed by atoms with E-state index in [2.05, 4.69) is 54.6 Å². The zero-order chi connectivity index (χ0) is 14.2. The van der Waals surface area contributed by atoms with Crippen molar-refractivity contribution in [2.75, 3.05) is 20.3 Å². The Labute approximate surface area is 125 Å². The standard InChI is InChI=1S/C19H20O2/c1-20-15-9-7-14(8-10-15)19-17-12-21-11-16(17)18(19)13-5-3-2-4-6-13/h2-10,16-19H,11-12H2,1H3/t16-,17+,18+,19-/m1/s1. The second-order valence-corrected chi connectivity index (χ2v) is 6.10. The molecular formula is C19H20O2. The Hall–Kier alpha value is -1.80. The zero-order valence-corrected chi connectivity index (χ0v) is 12.2. The molecular weight excluding hydrogens is 260 g/mol. The molecule has 2 fully saturated rings. The van der Waals surface area contributed by atoms with E-state index in [4.69, 9.17) is 9.47 Å². The predicted molar refractivity (Wildman–Crippen MR) is 82.7 cm³/mol. The highest BCUT2D eigenvalue weighted by atomic mass is 16.5. The molecule has 2 aromatic rings. The van der Waals surface area contributed by atoms with Crippen LogP contribution in [0.15, 0.2) is 54.6 Å². The summed E-state index contributed by atoms with van der Waals surface area (Å²) in [7, 11) is 1.71. The minimum atomic E-state index is 0.575. The van der Waals surface area contributed by atoms with Crippen molar-refractivity contribution in [3.05, 3.63) is 65.7 Å². The molecule has 0 aromatic heterocycles. The van der Waals surface area contributed by atoms with Crippen molar-refractivity contribution in [3.63, 3.8) is 0 Å². The molecule has 0 bridgehead atoms. The number of hydrogen-bond donors (Lipinski definition) is 0. The number of hydrogen-bond acceptors (Lipinski definition) is 2. The quantitative estimate of drug-likeness (QED) is 0.850. The van der Waals surface area contributed by atoms with Crippen LogP contribution in [0, 0.1) is 11.8 Å². The maximum absolute atomic E-state index is 5.76. The van der Waals surface area contributed by atoms with E-state index in [1.54, 1.807) is 7.11 Å². The molecule has 1 heterocycles. The SMILES string of the molecule is COc1ccc([C@@H]2[C@H]3COC[C@H]3[C@@H]2c2ccccc2)cc1. The fourth-order valence-electron chi connectivity index (χ4n) is 4.12. The Kier molecular flexibility index (Phi) is 3.19. The molecule has 0 spiro atoms. The van der Waals surface area contributed by atoms with Crippen LogP contribution in [0.25, 0.3) is 0 Å². The minimum Gasteiger partial charge on any atom is -0.497 e. The first kappa shape index (κ1) is 12.9. The molecule has 4 atom stereocenters. The summed E-state index contributed by atoms with van der Waals surface area (Å²) in [5.41, 5.74) is 2.86. The second kappa shape index (κ2) is 5.19. The van der Waals surface area contributed by atoms with Crippen LogP contribution in [0.4, 0.5) is 0 Å². The molecule has 1 saturated carbocycles. The van der Waals surface area contributed by atoms with E-state index < -0.39 is 0 Å². The van der Waals surface area contributed by atoms with E-state index in [9.17, 15) is 0 Å². The summed E-state index contributed by atoms with van der Waals surface area (Å²) in [4.78, 5) is 0. The van der Waals surface area contributed by atoms with Gasteiger partial charge in [-0.25, -0.2) is 0 Å². The maximum atomic E-state index is 5.76. The third kappa shape index (κ3) is 2.06. The van der Waals surface area contributed by atoms with Crippen LogP contribution in [0.2, 0.25) is 0 Å². The van der Waals surface area contributed by atoms with Gasteiger partial charge in [-0.05, 0) is 46.9 Å². The third-order valence-electron chi connectivity index (χ3n) is 5.17. The molecule has 2 aromatic carbocycles. The second-order valence-electron chi connectivity index (χ2n) is 6.10. The summed E-state index contributed by atoms with van der Waals surface area (Å²) in [6.45, 7) is 1.82. The Morgan fingerprint density at radius 1 is 0.810 bits per heavy atom. The lowest BCUT2D eigenvalue weighted by Gasteiger charge is -2.48. The number of fused-ring (bicyclic) bond motifs is 1. The third-order valence-corrected chi connectivity index (χ3v) is 5.17. The fourth-order valence-corrected chi connectivity index (χ4v) is 4.12. The fraction of sp³-hybridized carbons (Fsp3) is 0.368. The molecule has 1 aliphatic heterocycles. The van der Waals surface area contributed by atoms with E-state index in [-0.39, 0.29) is 0 Å². The highest BCUT2D eigenvalue weighted by molar-refractivity contribution is 5.38. The normalized spacial score (nSPS) is 30.5. The van der Waals surface area contributed by atoms with Gasteiger partial charge < -0.3 is 9.47 Å². The van der Waals surface area contributed by atoms with Gasteiger partial charge in [0.15, 0.2) is 0 Å². The molecule has 2 aliphatic rings. The van der Waals surface area contributed by atoms with Crippen molar-refractivity contribution in [2.45, 2.75) is 11.8 Å². The lowest BCUT2D eigenvalue weighted by atomic mass is 9.54. The van der Waals surface area contributed by atoms with Crippen LogP contribution >= 0.6 is 0 Å². The minimum absolute atomic E-state index is 0.575. The predicted octanol–water partition coefficient (Wildman–Crippen LogP) is 3.84. The van der Waals surface area contributed by atoms with Crippen LogP contribution in [0.5, 0.6) is 5.75 Å². The monoisotopic (exact) mass is 280 g/mol. The summed E-state index contributed by atoms with van der Waals surface area (Å²) in [6, 6.07) is 19.5. The van der Waals surface area contributed by atoms with Gasteiger partial charge in [0.25, 0.3) is 0 Å². The molecule has 0 radical (unpaired) electrons. The zero-order valence-electron chi connectivity index (χ0n) is 12.2. The van der Waals surface area contributed by atoms with Crippen LogP contribution in [0.3, 0.4) is 0 Å². The van der Waals surface area contributed by atoms with Crippen LogP contribution in [-0.4, -0.2) is 20.3 Å². The van der Waals surface area contributed by atoms with Crippen LogP contribution in [0.1, 0.15) is 23.0 Å². The molecule has 0 unspecified atom stereocenters. The molecule has 1 aliphatic carbocycles. The molecule has 108 valence electrons. The molecule has 0 N–H and O–H groups in total. The van der Waals surface area contributed by atoms with E-state index >= 15 is 0 Å². The number of rotatable bonds is 3. The highest BCUT2D eigenvalue weighted by Gasteiger charge is 2.54. The average Bonchev–Trinajstić information content (AvgIpc) is 2.93. The Balaban J connectivity index is 1.68. The maximum Gasteiger partial charge on any atom is 0.118 e. The number of ether oxygens (including phenoxy) is 2. The Bertz CT molecular complexity index is 605. The van der Waals surface area contributed by atoms with Gasteiger partial charge in [0.1, 0.15) is 5.75 Å². The summed E-state index contributed by atoms with van der Waals surface area (Å²) in [5.74, 6) is 3.44. The van der Waals surface area contributed by atoms with Crippen molar-refractivity contribution in [1.29, 1.82) is 0 Å². The van der Waals surface area contributed by atoms with Crippen molar-refractivity contribution in [1.82, 2.24) is 0 Å². The van der Waals surface area contributed by atoms with Crippen molar-refractivity contribution >= 4 is 0 Å². The van der Waals surface area contributed by atoms with Gasteiger partial charge in [0.2, 0.25) is 0 Å². The van der Waals surface area contributed by atoms with Gasteiger partial charge in [-0.15, -0.1) is 0 Å². The van der Waals surface area contributed by atoms with E-state index in [1.165, 1.54) is 11.1 Å². The van der Waals surface area contributed by atoms with E-state index in [0.29, 0.717) is 23.7 Å². The van der Waals surface area contributed by atoms with Crippen LogP contribution < -0.4 is 4.74 Å². The van der Waals surface area contributed by atoms with E-state index in [0.717, 1.165) is 19.0 Å². The lowest BCUT2D eigenvalue weighted by Crippen LogP contribution is -2.42. The summed E-state index contributed by atoms with van der Waals surface area (Å²) in [6.07, 6.45) is 0. The molecule has 2 heteroatoms. The smallest absolute Gasteiger partial charge is 0.118 e. The summed E-state index contributed by atoms with van der Waals surface area (Å²) < 4.78 is 11.0. The molecule has 2 nitrogen and oxygen atoms in total. The molecule has 1 saturated heterocycles. The summed E-state index contributed by atoms with van der Waals surface area (Å²) in [5, 5.41) is 0. The first-order valence-corrected chi connectivity index (χ1v) is 7.65. The van der Waals surface area contributed by atoms with Crippen molar-refractivity contribution < 1.29 is 9.47 Å². The van der Waals surface area contributed by atoms with Gasteiger partial charge in [0, 0.05) is 0 Å². The molecule has 0 amide bonds.